The van der Waals surface area contributed by atoms with Gasteiger partial charge in [0.2, 0.25) is 5.91 Å². The molecule has 0 aromatic heterocycles. The van der Waals surface area contributed by atoms with Crippen LogP contribution >= 0.6 is 11.6 Å². The lowest BCUT2D eigenvalue weighted by Gasteiger charge is -2.20. The molecule has 1 N–H and O–H groups in total. The Bertz CT molecular complexity index is 734. The number of carbonyl (C=O) groups excluding carboxylic acids is 2. The number of ether oxygens (including phenoxy) is 1. The summed E-state index contributed by atoms with van der Waals surface area (Å²) in [6.45, 7) is 4.05. The third kappa shape index (κ3) is 4.73. The van der Waals surface area contributed by atoms with Gasteiger partial charge in [-0.25, -0.2) is 4.79 Å². The summed E-state index contributed by atoms with van der Waals surface area (Å²) in [4.78, 5) is 25.3. The molecule has 0 bridgehead atoms. The first-order chi connectivity index (χ1) is 11.5. The van der Waals surface area contributed by atoms with Gasteiger partial charge in [-0.05, 0) is 37.3 Å². The zero-order valence-electron chi connectivity index (χ0n) is 13.6. The molecule has 24 heavy (non-hydrogen) atoms. The molecule has 2 aromatic rings. The number of amides is 2. The van der Waals surface area contributed by atoms with Crippen molar-refractivity contribution in [2.75, 3.05) is 16.8 Å². The first-order valence-electron chi connectivity index (χ1n) is 7.68. The van der Waals surface area contributed by atoms with Gasteiger partial charge in [-0.2, -0.15) is 0 Å². The lowest BCUT2D eigenvalue weighted by molar-refractivity contribution is -0.115. The molecule has 6 heteroatoms. The molecule has 0 atom stereocenters. The Hall–Kier alpha value is -2.53. The van der Waals surface area contributed by atoms with Crippen molar-refractivity contribution < 1.29 is 14.3 Å². The molecule has 0 radical (unpaired) electrons. The van der Waals surface area contributed by atoms with E-state index in [0.717, 1.165) is 0 Å². The van der Waals surface area contributed by atoms with Gasteiger partial charge >= 0.3 is 6.09 Å². The monoisotopic (exact) mass is 346 g/mol. The number of carbonyl (C=O) groups is 2. The second-order valence-corrected chi connectivity index (χ2v) is 5.46. The normalized spacial score (nSPS) is 10.1. The van der Waals surface area contributed by atoms with Gasteiger partial charge in [-0.3, -0.25) is 9.69 Å². The molecule has 2 amide bonds. The van der Waals surface area contributed by atoms with E-state index in [-0.39, 0.29) is 5.91 Å². The minimum atomic E-state index is -0.515. The topological polar surface area (TPSA) is 58.6 Å². The lowest BCUT2D eigenvalue weighted by Crippen LogP contribution is -2.33. The fourth-order valence-corrected chi connectivity index (χ4v) is 2.29. The number of halogens is 1. The minimum absolute atomic E-state index is 0.104. The molecule has 0 aliphatic rings. The van der Waals surface area contributed by atoms with Gasteiger partial charge in [0.15, 0.2) is 0 Å². The van der Waals surface area contributed by atoms with Gasteiger partial charge in [0.25, 0.3) is 0 Å². The Morgan fingerprint density at radius 1 is 1.12 bits per heavy atom. The van der Waals surface area contributed by atoms with Gasteiger partial charge in [-0.1, -0.05) is 30.7 Å². The average Bonchev–Trinajstić information content (AvgIpc) is 2.55. The van der Waals surface area contributed by atoms with E-state index in [4.69, 9.17) is 16.3 Å². The van der Waals surface area contributed by atoms with E-state index >= 15 is 0 Å². The van der Waals surface area contributed by atoms with Crippen LogP contribution in [0.25, 0.3) is 0 Å². The van der Waals surface area contributed by atoms with Crippen LogP contribution in [-0.2, 0) is 4.79 Å². The molecule has 0 saturated heterocycles. The van der Waals surface area contributed by atoms with E-state index in [1.54, 1.807) is 55.5 Å². The summed E-state index contributed by atoms with van der Waals surface area (Å²) in [5.41, 5.74) is 1.24. The van der Waals surface area contributed by atoms with Crippen LogP contribution in [0, 0.1) is 0 Å². The predicted molar refractivity (Wildman–Crippen MR) is 95.9 cm³/mol. The number of hydrogen-bond donors (Lipinski definition) is 1. The molecule has 5 nitrogen and oxygen atoms in total. The highest BCUT2D eigenvalue weighted by molar-refractivity contribution is 6.30. The first kappa shape index (κ1) is 17.8. The number of nitrogens with zero attached hydrogens (tertiary/aromatic N) is 1. The maximum atomic E-state index is 12.4. The van der Waals surface area contributed by atoms with Crippen LogP contribution < -0.4 is 15.0 Å². The van der Waals surface area contributed by atoms with Crippen LogP contribution in [0.1, 0.15) is 20.3 Å². The van der Waals surface area contributed by atoms with Crippen molar-refractivity contribution in [3.8, 4) is 5.75 Å². The summed E-state index contributed by atoms with van der Waals surface area (Å²) in [5, 5.41) is 3.27. The summed E-state index contributed by atoms with van der Waals surface area (Å²) in [7, 11) is 0. The Morgan fingerprint density at radius 2 is 1.88 bits per heavy atom. The fraction of sp³-hybridized carbons (Fsp3) is 0.222. The summed E-state index contributed by atoms with van der Waals surface area (Å²) in [5.74, 6) is 0.252. The highest BCUT2D eigenvalue weighted by atomic mass is 35.5. The molecular formula is C18H19ClN2O3. The standard InChI is InChI=1S/C18H19ClN2O3/c1-3-17(22)20-14-8-6-10-16(12-14)24-18(23)21(4-2)15-9-5-7-13(19)11-15/h5-12H,3-4H2,1-2H3,(H,20,22). The Labute approximate surface area is 146 Å². The smallest absolute Gasteiger partial charge is 0.410 e. The fourth-order valence-electron chi connectivity index (χ4n) is 2.10. The van der Waals surface area contributed by atoms with Crippen LogP contribution in [-0.4, -0.2) is 18.5 Å². The molecule has 0 unspecified atom stereocenters. The Kier molecular flexibility index (Phi) is 6.21. The van der Waals surface area contributed by atoms with Gasteiger partial charge < -0.3 is 10.1 Å². The Balaban J connectivity index is 2.13. The number of rotatable bonds is 5. The molecule has 0 aliphatic heterocycles. The number of hydrogen-bond acceptors (Lipinski definition) is 3. The van der Waals surface area contributed by atoms with Gasteiger partial charge in [0.1, 0.15) is 5.75 Å². The molecule has 0 heterocycles. The third-order valence-electron chi connectivity index (χ3n) is 3.30. The minimum Gasteiger partial charge on any atom is -0.410 e. The van der Waals surface area contributed by atoms with Crippen molar-refractivity contribution in [3.63, 3.8) is 0 Å². The van der Waals surface area contributed by atoms with Crippen molar-refractivity contribution in [1.29, 1.82) is 0 Å². The van der Waals surface area contributed by atoms with E-state index < -0.39 is 6.09 Å². The van der Waals surface area contributed by atoms with Crippen molar-refractivity contribution in [2.45, 2.75) is 20.3 Å². The van der Waals surface area contributed by atoms with Gasteiger partial charge in [-0.15, -0.1) is 0 Å². The molecular weight excluding hydrogens is 328 g/mol. The third-order valence-corrected chi connectivity index (χ3v) is 3.54. The quantitative estimate of drug-likeness (QED) is 0.852. The summed E-state index contributed by atoms with van der Waals surface area (Å²) in [6.07, 6.45) is -0.138. The molecule has 0 aliphatic carbocycles. The summed E-state index contributed by atoms with van der Waals surface area (Å²) < 4.78 is 5.41. The van der Waals surface area contributed by atoms with E-state index in [1.807, 2.05) is 6.92 Å². The molecule has 0 fully saturated rings. The van der Waals surface area contributed by atoms with Crippen molar-refractivity contribution in [3.05, 3.63) is 53.6 Å². The van der Waals surface area contributed by atoms with Crippen molar-refractivity contribution in [2.24, 2.45) is 0 Å². The highest BCUT2D eigenvalue weighted by Gasteiger charge is 2.16. The predicted octanol–water partition coefficient (Wildman–Crippen LogP) is 4.71. The number of benzene rings is 2. The van der Waals surface area contributed by atoms with Crippen molar-refractivity contribution in [1.82, 2.24) is 0 Å². The van der Waals surface area contributed by atoms with Crippen LogP contribution in [0.5, 0.6) is 5.75 Å². The maximum Gasteiger partial charge on any atom is 0.419 e. The average molecular weight is 347 g/mol. The number of nitrogens with one attached hydrogen (secondary N) is 1. The lowest BCUT2D eigenvalue weighted by atomic mass is 10.3. The summed E-state index contributed by atoms with van der Waals surface area (Å²) in [6, 6.07) is 13.7. The zero-order chi connectivity index (χ0) is 17.5. The van der Waals surface area contributed by atoms with E-state index in [0.29, 0.717) is 35.1 Å². The van der Waals surface area contributed by atoms with E-state index in [1.165, 1.54) is 4.90 Å². The molecule has 0 saturated carbocycles. The SMILES string of the molecule is CCC(=O)Nc1cccc(OC(=O)N(CC)c2cccc(Cl)c2)c1. The maximum absolute atomic E-state index is 12.4. The molecule has 2 aromatic carbocycles. The first-order valence-corrected chi connectivity index (χ1v) is 8.06. The second-order valence-electron chi connectivity index (χ2n) is 5.02. The molecule has 126 valence electrons. The Morgan fingerprint density at radius 3 is 2.54 bits per heavy atom. The molecule has 0 spiro atoms. The largest absolute Gasteiger partial charge is 0.419 e. The van der Waals surface area contributed by atoms with Crippen LogP contribution in [0.15, 0.2) is 48.5 Å². The van der Waals surface area contributed by atoms with E-state index in [2.05, 4.69) is 5.32 Å². The highest BCUT2D eigenvalue weighted by Crippen LogP contribution is 2.22. The second kappa shape index (κ2) is 8.36. The van der Waals surface area contributed by atoms with Crippen LogP contribution in [0.3, 0.4) is 0 Å². The van der Waals surface area contributed by atoms with Gasteiger partial charge in [0.05, 0.1) is 0 Å². The zero-order valence-corrected chi connectivity index (χ0v) is 14.3. The van der Waals surface area contributed by atoms with E-state index in [9.17, 15) is 9.59 Å². The molecule has 2 rings (SSSR count). The van der Waals surface area contributed by atoms with Gasteiger partial charge in [0, 0.05) is 35.4 Å². The van der Waals surface area contributed by atoms with Crippen molar-refractivity contribution >= 4 is 35.0 Å². The van der Waals surface area contributed by atoms with Crippen LogP contribution in [0.4, 0.5) is 16.2 Å². The number of anilines is 2. The summed E-state index contributed by atoms with van der Waals surface area (Å²) >= 11 is 5.97. The van der Waals surface area contributed by atoms with Crippen LogP contribution in [0.2, 0.25) is 5.02 Å².